The molecule has 0 bridgehead atoms. The number of aliphatic carboxylic acids is 1. The first kappa shape index (κ1) is 15.3. The average molecular weight is 286 g/mol. The Labute approximate surface area is 125 Å². The van der Waals surface area contributed by atoms with Gasteiger partial charge in [0.05, 0.1) is 11.1 Å². The third-order valence-electron chi connectivity index (χ3n) is 4.11. The van der Waals surface area contributed by atoms with Crippen LogP contribution in [0.4, 0.5) is 0 Å². The summed E-state index contributed by atoms with van der Waals surface area (Å²) >= 11 is 0. The van der Waals surface area contributed by atoms with Crippen molar-refractivity contribution in [3.8, 4) is 0 Å². The van der Waals surface area contributed by atoms with Crippen molar-refractivity contribution in [1.29, 1.82) is 0 Å². The molecule has 1 unspecified atom stereocenters. The van der Waals surface area contributed by atoms with Crippen LogP contribution in [0.2, 0.25) is 0 Å². The monoisotopic (exact) mass is 286 g/mol. The standard InChI is InChI=1S/C17H22N2O2/c1-4-17(16(20)21,14-9-7-6-8-10-14)12-15-11-13(3)18-19(15)5-2/h6-11H,4-5,12H2,1-3H3,(H,20,21). The predicted octanol–water partition coefficient (Wildman–Crippen LogP) is 3.19. The van der Waals surface area contributed by atoms with Gasteiger partial charge >= 0.3 is 5.97 Å². The zero-order valence-corrected chi connectivity index (χ0v) is 12.8. The van der Waals surface area contributed by atoms with E-state index in [1.807, 2.05) is 61.9 Å². The number of rotatable bonds is 6. The van der Waals surface area contributed by atoms with Crippen molar-refractivity contribution in [3.63, 3.8) is 0 Å². The van der Waals surface area contributed by atoms with Crippen molar-refractivity contribution in [3.05, 3.63) is 53.3 Å². The number of aryl methyl sites for hydroxylation is 2. The zero-order chi connectivity index (χ0) is 15.5. The number of carboxylic acid groups (broad SMARTS) is 1. The summed E-state index contributed by atoms with van der Waals surface area (Å²) in [6.07, 6.45) is 0.998. The molecule has 0 aliphatic rings. The maximum atomic E-state index is 12.0. The van der Waals surface area contributed by atoms with Crippen molar-refractivity contribution < 1.29 is 9.90 Å². The molecule has 4 nitrogen and oxygen atoms in total. The summed E-state index contributed by atoms with van der Waals surface area (Å²) < 4.78 is 1.89. The van der Waals surface area contributed by atoms with Crippen molar-refractivity contribution >= 4 is 5.97 Å². The molecule has 21 heavy (non-hydrogen) atoms. The lowest BCUT2D eigenvalue weighted by Gasteiger charge is -2.29. The average Bonchev–Trinajstić information content (AvgIpc) is 2.85. The lowest BCUT2D eigenvalue weighted by atomic mass is 9.74. The molecule has 0 spiro atoms. The summed E-state index contributed by atoms with van der Waals surface area (Å²) in [5.74, 6) is -0.780. The van der Waals surface area contributed by atoms with Gasteiger partial charge in [0.15, 0.2) is 0 Å². The maximum absolute atomic E-state index is 12.0. The third-order valence-corrected chi connectivity index (χ3v) is 4.11. The van der Waals surface area contributed by atoms with Gasteiger partial charge < -0.3 is 5.11 Å². The number of carbonyl (C=O) groups is 1. The number of hydrogen-bond donors (Lipinski definition) is 1. The van der Waals surface area contributed by atoms with E-state index in [1.54, 1.807) is 0 Å². The SMILES string of the molecule is CCn1nc(C)cc1CC(CC)(C(=O)O)c1ccccc1. The number of hydrogen-bond acceptors (Lipinski definition) is 2. The molecule has 1 aromatic heterocycles. The van der Waals surface area contributed by atoms with E-state index >= 15 is 0 Å². The normalized spacial score (nSPS) is 13.9. The van der Waals surface area contributed by atoms with Crippen LogP contribution in [0.15, 0.2) is 36.4 Å². The fourth-order valence-electron chi connectivity index (χ4n) is 2.86. The second-order valence-electron chi connectivity index (χ2n) is 5.38. The van der Waals surface area contributed by atoms with Crippen molar-refractivity contribution in [2.45, 2.75) is 45.6 Å². The predicted molar refractivity (Wildman–Crippen MR) is 82.4 cm³/mol. The van der Waals surface area contributed by atoms with E-state index in [1.165, 1.54) is 0 Å². The number of nitrogens with zero attached hydrogens (tertiary/aromatic N) is 2. The first-order valence-electron chi connectivity index (χ1n) is 7.35. The Morgan fingerprint density at radius 3 is 2.48 bits per heavy atom. The van der Waals surface area contributed by atoms with E-state index in [2.05, 4.69) is 5.10 Å². The van der Waals surface area contributed by atoms with Crippen LogP contribution >= 0.6 is 0 Å². The largest absolute Gasteiger partial charge is 0.481 e. The highest BCUT2D eigenvalue weighted by Gasteiger charge is 2.39. The minimum absolute atomic E-state index is 0.456. The lowest BCUT2D eigenvalue weighted by Crippen LogP contribution is -2.38. The summed E-state index contributed by atoms with van der Waals surface area (Å²) in [6.45, 7) is 6.64. The summed E-state index contributed by atoms with van der Waals surface area (Å²) in [5.41, 5.74) is 1.85. The second kappa shape index (κ2) is 6.12. The van der Waals surface area contributed by atoms with Gasteiger partial charge in [0.25, 0.3) is 0 Å². The van der Waals surface area contributed by atoms with E-state index in [4.69, 9.17) is 0 Å². The Hall–Kier alpha value is -2.10. The van der Waals surface area contributed by atoms with Gasteiger partial charge in [0, 0.05) is 18.7 Å². The Balaban J connectivity index is 2.49. The highest BCUT2D eigenvalue weighted by Crippen LogP contribution is 2.32. The minimum atomic E-state index is -0.902. The molecule has 4 heteroatoms. The van der Waals surface area contributed by atoms with Crippen molar-refractivity contribution in [2.75, 3.05) is 0 Å². The fourth-order valence-corrected chi connectivity index (χ4v) is 2.86. The molecular weight excluding hydrogens is 264 g/mol. The zero-order valence-electron chi connectivity index (χ0n) is 12.8. The molecule has 0 amide bonds. The molecular formula is C17H22N2O2. The first-order valence-corrected chi connectivity index (χ1v) is 7.35. The van der Waals surface area contributed by atoms with E-state index in [9.17, 15) is 9.90 Å². The number of aromatic nitrogens is 2. The van der Waals surface area contributed by atoms with Gasteiger partial charge in [-0.25, -0.2) is 0 Å². The van der Waals surface area contributed by atoms with Gasteiger partial charge in [-0.15, -0.1) is 0 Å². The second-order valence-corrected chi connectivity index (χ2v) is 5.38. The molecule has 0 saturated carbocycles. The maximum Gasteiger partial charge on any atom is 0.314 e. The third kappa shape index (κ3) is 2.84. The molecule has 2 rings (SSSR count). The van der Waals surface area contributed by atoms with Crippen LogP contribution in [0.5, 0.6) is 0 Å². The van der Waals surface area contributed by atoms with Crippen molar-refractivity contribution in [2.24, 2.45) is 0 Å². The van der Waals surface area contributed by atoms with Gasteiger partial charge in [0.1, 0.15) is 0 Å². The van der Waals surface area contributed by atoms with Crippen LogP contribution in [0.1, 0.15) is 37.2 Å². The highest BCUT2D eigenvalue weighted by molar-refractivity contribution is 5.81. The Morgan fingerprint density at radius 2 is 1.95 bits per heavy atom. The number of benzene rings is 1. The molecule has 1 aromatic carbocycles. The molecule has 1 N–H and O–H groups in total. The smallest absolute Gasteiger partial charge is 0.314 e. The molecule has 1 atom stereocenters. The van der Waals surface area contributed by atoms with Gasteiger partial charge in [-0.1, -0.05) is 37.3 Å². The first-order chi connectivity index (χ1) is 10.0. The fraction of sp³-hybridized carbons (Fsp3) is 0.412. The Morgan fingerprint density at radius 1 is 1.29 bits per heavy atom. The van der Waals surface area contributed by atoms with Crippen LogP contribution < -0.4 is 0 Å². The molecule has 0 fully saturated rings. The molecule has 1 heterocycles. The Bertz CT molecular complexity index is 619. The molecule has 0 aliphatic carbocycles. The molecule has 2 aromatic rings. The molecule has 112 valence electrons. The van der Waals surface area contributed by atoms with Crippen LogP contribution in [0.25, 0.3) is 0 Å². The van der Waals surface area contributed by atoms with Gasteiger partial charge in [-0.3, -0.25) is 9.48 Å². The van der Waals surface area contributed by atoms with Crippen LogP contribution in [-0.4, -0.2) is 20.9 Å². The molecule has 0 radical (unpaired) electrons. The van der Waals surface area contributed by atoms with Gasteiger partial charge in [-0.05, 0) is 31.9 Å². The highest BCUT2D eigenvalue weighted by atomic mass is 16.4. The van der Waals surface area contributed by atoms with Gasteiger partial charge in [-0.2, -0.15) is 5.10 Å². The molecule has 0 saturated heterocycles. The summed E-state index contributed by atoms with van der Waals surface area (Å²) in [4.78, 5) is 12.0. The lowest BCUT2D eigenvalue weighted by molar-refractivity contribution is -0.144. The quantitative estimate of drug-likeness (QED) is 0.887. The van der Waals surface area contributed by atoms with E-state index < -0.39 is 11.4 Å². The summed E-state index contributed by atoms with van der Waals surface area (Å²) in [5, 5.41) is 14.3. The van der Waals surface area contributed by atoms with Crippen LogP contribution in [0.3, 0.4) is 0 Å². The summed E-state index contributed by atoms with van der Waals surface area (Å²) in [7, 11) is 0. The van der Waals surface area contributed by atoms with Crippen LogP contribution in [-0.2, 0) is 23.2 Å². The van der Waals surface area contributed by atoms with Crippen LogP contribution in [0, 0.1) is 6.92 Å². The Kier molecular flexibility index (Phi) is 4.46. The van der Waals surface area contributed by atoms with E-state index in [0.717, 1.165) is 23.5 Å². The topological polar surface area (TPSA) is 55.1 Å². The molecule has 0 aliphatic heterocycles. The minimum Gasteiger partial charge on any atom is -0.481 e. The van der Waals surface area contributed by atoms with E-state index in [-0.39, 0.29) is 0 Å². The van der Waals surface area contributed by atoms with Gasteiger partial charge in [0.2, 0.25) is 0 Å². The number of carboxylic acids is 1. The van der Waals surface area contributed by atoms with E-state index in [0.29, 0.717) is 12.8 Å². The summed E-state index contributed by atoms with van der Waals surface area (Å²) in [6, 6.07) is 11.5. The van der Waals surface area contributed by atoms with Crippen molar-refractivity contribution in [1.82, 2.24) is 9.78 Å².